The van der Waals surface area contributed by atoms with Gasteiger partial charge in [-0.25, -0.2) is 9.97 Å². The number of carbonyl (C=O) groups is 1. The smallest absolute Gasteiger partial charge is 0.243 e. The van der Waals surface area contributed by atoms with Crippen LogP contribution in [0.25, 0.3) is 10.9 Å². The zero-order chi connectivity index (χ0) is 19.1. The number of nitrogens with zero attached hydrogens (tertiary/aromatic N) is 2. The summed E-state index contributed by atoms with van der Waals surface area (Å²) in [6.45, 7) is 4.05. The van der Waals surface area contributed by atoms with Crippen LogP contribution in [0.15, 0.2) is 61.4 Å². The summed E-state index contributed by atoms with van der Waals surface area (Å²) in [6.07, 6.45) is 7.99. The number of carbonyl (C=O) groups excluding carboxylic acids is 1. The Morgan fingerprint density at radius 1 is 1.26 bits per heavy atom. The van der Waals surface area contributed by atoms with Crippen LogP contribution in [0, 0.1) is 12.3 Å². The fourth-order valence-electron chi connectivity index (χ4n) is 2.51. The zero-order valence-corrected chi connectivity index (χ0v) is 14.6. The summed E-state index contributed by atoms with van der Waals surface area (Å²) in [5.41, 5.74) is 2.58. The number of ether oxygens (including phenoxy) is 1. The van der Waals surface area contributed by atoms with Crippen LogP contribution in [0.2, 0.25) is 0 Å². The molecule has 2 N–H and O–H groups in total. The van der Waals surface area contributed by atoms with Crippen molar-refractivity contribution in [1.82, 2.24) is 15.3 Å². The highest BCUT2D eigenvalue weighted by Crippen LogP contribution is 2.27. The second-order valence-corrected chi connectivity index (χ2v) is 5.64. The van der Waals surface area contributed by atoms with E-state index in [0.717, 1.165) is 22.2 Å². The Labute approximate surface area is 157 Å². The number of aromatic nitrogens is 2. The first kappa shape index (κ1) is 18.0. The Balaban J connectivity index is 1.84. The van der Waals surface area contributed by atoms with Crippen LogP contribution in [0.5, 0.6) is 5.75 Å². The van der Waals surface area contributed by atoms with Crippen molar-refractivity contribution in [2.45, 2.75) is 6.54 Å². The summed E-state index contributed by atoms with van der Waals surface area (Å²) >= 11 is 0. The number of terminal acetylenes is 1. The van der Waals surface area contributed by atoms with Crippen molar-refractivity contribution >= 4 is 28.3 Å². The quantitative estimate of drug-likeness (QED) is 0.501. The van der Waals surface area contributed by atoms with Gasteiger partial charge in [-0.2, -0.15) is 0 Å². The monoisotopic (exact) mass is 358 g/mol. The van der Waals surface area contributed by atoms with Crippen molar-refractivity contribution in [2.75, 3.05) is 11.9 Å². The van der Waals surface area contributed by atoms with E-state index in [0.29, 0.717) is 18.1 Å². The predicted octanol–water partition coefficient (Wildman–Crippen LogP) is 3.19. The summed E-state index contributed by atoms with van der Waals surface area (Å²) in [6, 6.07) is 13.2. The Kier molecular flexibility index (Phi) is 5.65. The average Bonchev–Trinajstić information content (AvgIpc) is 2.71. The number of anilines is 2. The maximum Gasteiger partial charge on any atom is 0.243 e. The van der Waals surface area contributed by atoms with Gasteiger partial charge in [0, 0.05) is 17.6 Å². The molecule has 0 radical (unpaired) electrons. The maximum absolute atomic E-state index is 11.3. The highest BCUT2D eigenvalue weighted by molar-refractivity contribution is 5.91. The van der Waals surface area contributed by atoms with E-state index >= 15 is 0 Å². The van der Waals surface area contributed by atoms with Crippen molar-refractivity contribution in [2.24, 2.45) is 0 Å². The molecule has 0 aliphatic heterocycles. The Hall–Kier alpha value is -3.85. The highest BCUT2D eigenvalue weighted by Gasteiger charge is 2.07. The van der Waals surface area contributed by atoms with Gasteiger partial charge in [0.1, 0.15) is 24.5 Å². The first-order valence-corrected chi connectivity index (χ1v) is 8.27. The van der Waals surface area contributed by atoms with Gasteiger partial charge in [-0.1, -0.05) is 24.6 Å². The number of fused-ring (bicyclic) bond motifs is 1. The maximum atomic E-state index is 11.3. The SMILES string of the molecule is C#CCOc1ccc2ncnc(Nc3cccc(CNC(=O)C=C)c3)c2c1. The van der Waals surface area contributed by atoms with E-state index in [4.69, 9.17) is 11.2 Å². The second-order valence-electron chi connectivity index (χ2n) is 5.64. The van der Waals surface area contributed by atoms with Crippen molar-refractivity contribution in [3.8, 4) is 18.1 Å². The average molecular weight is 358 g/mol. The second kappa shape index (κ2) is 8.50. The van der Waals surface area contributed by atoms with E-state index in [9.17, 15) is 4.79 Å². The van der Waals surface area contributed by atoms with E-state index in [1.54, 1.807) is 0 Å². The molecule has 3 aromatic rings. The lowest BCUT2D eigenvalue weighted by Gasteiger charge is -2.11. The molecule has 0 spiro atoms. The van der Waals surface area contributed by atoms with Crippen LogP contribution in [-0.2, 0) is 11.3 Å². The summed E-state index contributed by atoms with van der Waals surface area (Å²) in [7, 11) is 0. The van der Waals surface area contributed by atoms with Gasteiger partial charge in [-0.3, -0.25) is 4.79 Å². The zero-order valence-electron chi connectivity index (χ0n) is 14.6. The van der Waals surface area contributed by atoms with Gasteiger partial charge in [0.2, 0.25) is 5.91 Å². The molecule has 27 heavy (non-hydrogen) atoms. The van der Waals surface area contributed by atoms with Gasteiger partial charge in [0.25, 0.3) is 0 Å². The number of hydrogen-bond acceptors (Lipinski definition) is 5. The minimum absolute atomic E-state index is 0.195. The molecule has 2 aromatic carbocycles. The number of hydrogen-bond donors (Lipinski definition) is 2. The molecule has 1 aromatic heterocycles. The molecular formula is C21H18N4O2. The van der Waals surface area contributed by atoms with Crippen molar-refractivity contribution in [3.05, 3.63) is 67.0 Å². The summed E-state index contributed by atoms with van der Waals surface area (Å²) in [4.78, 5) is 19.9. The summed E-state index contributed by atoms with van der Waals surface area (Å²) < 4.78 is 5.48. The van der Waals surface area contributed by atoms with E-state index in [1.807, 2.05) is 42.5 Å². The van der Waals surface area contributed by atoms with Crippen molar-refractivity contribution < 1.29 is 9.53 Å². The van der Waals surface area contributed by atoms with Crippen LogP contribution in [0.3, 0.4) is 0 Å². The molecule has 0 aliphatic carbocycles. The molecule has 0 atom stereocenters. The number of rotatable bonds is 7. The predicted molar refractivity (Wildman–Crippen MR) is 106 cm³/mol. The van der Waals surface area contributed by atoms with E-state index in [-0.39, 0.29) is 12.5 Å². The molecule has 0 saturated carbocycles. The minimum atomic E-state index is -0.213. The minimum Gasteiger partial charge on any atom is -0.481 e. The standard InChI is InChI=1S/C21H18N4O2/c1-3-10-27-17-8-9-19-18(12-17)21(24-14-23-19)25-16-7-5-6-15(11-16)13-22-20(26)4-2/h1,4-9,11-12,14H,2,10,13H2,(H,22,26)(H,23,24,25). The third-order valence-electron chi connectivity index (χ3n) is 3.77. The van der Waals surface area contributed by atoms with Gasteiger partial charge in [0.05, 0.1) is 5.52 Å². The molecule has 0 fully saturated rings. The Morgan fingerprint density at radius 3 is 2.96 bits per heavy atom. The molecule has 0 bridgehead atoms. The Bertz CT molecular complexity index is 1020. The van der Waals surface area contributed by atoms with Gasteiger partial charge in [-0.05, 0) is 42.0 Å². The lowest BCUT2D eigenvalue weighted by atomic mass is 10.2. The molecule has 0 aliphatic rings. The molecule has 0 saturated heterocycles. The first-order valence-electron chi connectivity index (χ1n) is 8.27. The molecule has 134 valence electrons. The number of benzene rings is 2. The first-order chi connectivity index (χ1) is 13.2. The molecule has 1 amide bonds. The third kappa shape index (κ3) is 4.61. The van der Waals surface area contributed by atoms with Gasteiger partial charge in [-0.15, -0.1) is 6.42 Å². The lowest BCUT2D eigenvalue weighted by Crippen LogP contribution is -2.19. The molecule has 6 nitrogen and oxygen atoms in total. The van der Waals surface area contributed by atoms with Crippen molar-refractivity contribution in [1.29, 1.82) is 0 Å². The van der Waals surface area contributed by atoms with Crippen LogP contribution < -0.4 is 15.4 Å². The normalized spacial score (nSPS) is 10.0. The largest absolute Gasteiger partial charge is 0.481 e. The number of nitrogens with one attached hydrogen (secondary N) is 2. The van der Waals surface area contributed by atoms with Crippen molar-refractivity contribution in [3.63, 3.8) is 0 Å². The fourth-order valence-corrected chi connectivity index (χ4v) is 2.51. The Morgan fingerprint density at radius 2 is 2.15 bits per heavy atom. The van der Waals surface area contributed by atoms with Gasteiger partial charge in [0.15, 0.2) is 0 Å². The van der Waals surface area contributed by atoms with E-state index in [2.05, 4.69) is 33.1 Å². The van der Waals surface area contributed by atoms with Crippen LogP contribution in [-0.4, -0.2) is 22.5 Å². The van der Waals surface area contributed by atoms with Crippen LogP contribution in [0.1, 0.15) is 5.56 Å². The topological polar surface area (TPSA) is 76.1 Å². The molecular weight excluding hydrogens is 340 g/mol. The third-order valence-corrected chi connectivity index (χ3v) is 3.77. The van der Waals surface area contributed by atoms with E-state index < -0.39 is 0 Å². The summed E-state index contributed by atoms with van der Waals surface area (Å²) in [5.74, 6) is 3.53. The molecule has 1 heterocycles. The fraction of sp³-hybridized carbons (Fsp3) is 0.0952. The summed E-state index contributed by atoms with van der Waals surface area (Å²) in [5, 5.41) is 6.86. The molecule has 0 unspecified atom stereocenters. The molecule has 6 heteroatoms. The molecule has 3 rings (SSSR count). The van der Waals surface area contributed by atoms with Crippen LogP contribution in [0.4, 0.5) is 11.5 Å². The highest BCUT2D eigenvalue weighted by atomic mass is 16.5. The van der Waals surface area contributed by atoms with Gasteiger partial charge < -0.3 is 15.4 Å². The van der Waals surface area contributed by atoms with Gasteiger partial charge >= 0.3 is 0 Å². The number of amides is 1. The lowest BCUT2D eigenvalue weighted by molar-refractivity contribution is -0.116. The van der Waals surface area contributed by atoms with E-state index in [1.165, 1.54) is 12.4 Å². The van der Waals surface area contributed by atoms with Crippen LogP contribution >= 0.6 is 0 Å².